The summed E-state index contributed by atoms with van der Waals surface area (Å²) in [4.78, 5) is 4.46. The zero-order valence-electron chi connectivity index (χ0n) is 13.3. The van der Waals surface area contributed by atoms with Crippen molar-refractivity contribution in [2.75, 3.05) is 18.5 Å². The lowest BCUT2D eigenvalue weighted by molar-refractivity contribution is 0.172. The first-order chi connectivity index (χ1) is 11.8. The highest BCUT2D eigenvalue weighted by molar-refractivity contribution is 5.63. The molecule has 122 valence electrons. The second-order valence-corrected chi connectivity index (χ2v) is 5.51. The van der Waals surface area contributed by atoms with Gasteiger partial charge in [-0.1, -0.05) is 35.5 Å². The average Bonchev–Trinajstić information content (AvgIpc) is 3.09. The van der Waals surface area contributed by atoms with E-state index in [1.165, 1.54) is 0 Å². The smallest absolute Gasteiger partial charge is 0.246 e. The molecule has 2 heterocycles. The molecule has 0 bridgehead atoms. The average molecular weight is 323 g/mol. The number of benzene rings is 2. The number of aromatic nitrogens is 2. The van der Waals surface area contributed by atoms with E-state index in [-0.39, 0.29) is 0 Å². The SMILES string of the molecule is Cc1ccccc1-c1noc(CNc2cccc3c2OCCO3)n1. The molecule has 6 heteroatoms. The van der Waals surface area contributed by atoms with E-state index in [4.69, 9.17) is 14.0 Å². The number of para-hydroxylation sites is 1. The van der Waals surface area contributed by atoms with Crippen molar-refractivity contribution in [3.8, 4) is 22.9 Å². The highest BCUT2D eigenvalue weighted by Crippen LogP contribution is 2.37. The Balaban J connectivity index is 1.51. The Morgan fingerprint density at radius 1 is 1.04 bits per heavy atom. The van der Waals surface area contributed by atoms with Crippen LogP contribution in [0, 0.1) is 6.92 Å². The zero-order chi connectivity index (χ0) is 16.4. The highest BCUT2D eigenvalue weighted by Gasteiger charge is 2.16. The maximum Gasteiger partial charge on any atom is 0.246 e. The number of nitrogens with zero attached hydrogens (tertiary/aromatic N) is 2. The van der Waals surface area contributed by atoms with Crippen molar-refractivity contribution < 1.29 is 14.0 Å². The van der Waals surface area contributed by atoms with Crippen LogP contribution in [0.5, 0.6) is 11.5 Å². The first-order valence-corrected chi connectivity index (χ1v) is 7.82. The Morgan fingerprint density at radius 2 is 1.92 bits per heavy atom. The number of fused-ring (bicyclic) bond motifs is 1. The minimum absolute atomic E-state index is 0.415. The van der Waals surface area contributed by atoms with Crippen LogP contribution in [0.1, 0.15) is 11.5 Å². The molecule has 4 rings (SSSR count). The molecule has 1 aromatic heterocycles. The molecule has 0 saturated carbocycles. The standard InChI is InChI=1S/C18H17N3O3/c1-12-5-2-3-6-13(12)18-20-16(24-21-18)11-19-14-7-4-8-15-17(14)23-10-9-22-15/h2-8,19H,9-11H2,1H3. The number of rotatable bonds is 4. The fraction of sp³-hybridized carbons (Fsp3) is 0.222. The van der Waals surface area contributed by atoms with E-state index in [1.54, 1.807) is 0 Å². The maximum absolute atomic E-state index is 5.68. The van der Waals surface area contributed by atoms with E-state index < -0.39 is 0 Å². The van der Waals surface area contributed by atoms with E-state index in [2.05, 4.69) is 15.5 Å². The van der Waals surface area contributed by atoms with Gasteiger partial charge in [0.05, 0.1) is 12.2 Å². The molecule has 3 aromatic rings. The number of nitrogens with one attached hydrogen (secondary N) is 1. The minimum atomic E-state index is 0.415. The minimum Gasteiger partial charge on any atom is -0.486 e. The molecule has 0 spiro atoms. The third-order valence-electron chi connectivity index (χ3n) is 3.85. The summed E-state index contributed by atoms with van der Waals surface area (Å²) in [5.41, 5.74) is 2.93. The van der Waals surface area contributed by atoms with Gasteiger partial charge in [0.1, 0.15) is 13.2 Å². The van der Waals surface area contributed by atoms with Crippen LogP contribution in [-0.2, 0) is 6.54 Å². The van der Waals surface area contributed by atoms with E-state index in [0.717, 1.165) is 28.3 Å². The molecule has 0 aliphatic carbocycles. The largest absolute Gasteiger partial charge is 0.486 e. The molecule has 0 fully saturated rings. The molecule has 6 nitrogen and oxygen atoms in total. The molecular weight excluding hydrogens is 306 g/mol. The topological polar surface area (TPSA) is 69.4 Å². The van der Waals surface area contributed by atoms with Crippen LogP contribution in [0.3, 0.4) is 0 Å². The Morgan fingerprint density at radius 3 is 2.83 bits per heavy atom. The lowest BCUT2D eigenvalue weighted by Crippen LogP contribution is -2.16. The maximum atomic E-state index is 5.68. The summed E-state index contributed by atoms with van der Waals surface area (Å²) in [5.74, 6) is 2.59. The van der Waals surface area contributed by atoms with Gasteiger partial charge < -0.3 is 19.3 Å². The Bertz CT molecular complexity index is 860. The molecule has 1 N–H and O–H groups in total. The summed E-state index contributed by atoms with van der Waals surface area (Å²) in [7, 11) is 0. The van der Waals surface area contributed by atoms with Gasteiger partial charge in [-0.05, 0) is 24.6 Å². The summed E-state index contributed by atoms with van der Waals surface area (Å²) < 4.78 is 16.6. The van der Waals surface area contributed by atoms with Gasteiger partial charge in [-0.15, -0.1) is 0 Å². The van der Waals surface area contributed by atoms with Gasteiger partial charge in [-0.25, -0.2) is 0 Å². The third kappa shape index (κ3) is 2.78. The van der Waals surface area contributed by atoms with Crippen molar-refractivity contribution in [2.45, 2.75) is 13.5 Å². The molecular formula is C18H17N3O3. The number of aryl methyl sites for hydroxylation is 1. The summed E-state index contributed by atoms with van der Waals surface area (Å²) in [6.07, 6.45) is 0. The first-order valence-electron chi connectivity index (χ1n) is 7.82. The number of ether oxygens (including phenoxy) is 2. The van der Waals surface area contributed by atoms with Gasteiger partial charge in [0.2, 0.25) is 11.7 Å². The van der Waals surface area contributed by atoms with Crippen molar-refractivity contribution in [1.29, 1.82) is 0 Å². The molecule has 0 saturated heterocycles. The van der Waals surface area contributed by atoms with Gasteiger partial charge in [-0.2, -0.15) is 4.98 Å². The predicted molar refractivity (Wildman–Crippen MR) is 89.2 cm³/mol. The molecule has 0 unspecified atom stereocenters. The van der Waals surface area contributed by atoms with Crippen LogP contribution in [0.4, 0.5) is 5.69 Å². The molecule has 2 aromatic carbocycles. The Kier molecular flexibility index (Phi) is 3.78. The van der Waals surface area contributed by atoms with Crippen LogP contribution in [-0.4, -0.2) is 23.4 Å². The van der Waals surface area contributed by atoms with Crippen LogP contribution in [0.2, 0.25) is 0 Å². The van der Waals surface area contributed by atoms with E-state index >= 15 is 0 Å². The Labute approximate surface area is 139 Å². The zero-order valence-corrected chi connectivity index (χ0v) is 13.3. The van der Waals surface area contributed by atoms with Crippen molar-refractivity contribution in [3.05, 3.63) is 53.9 Å². The summed E-state index contributed by atoms with van der Waals surface area (Å²) in [5, 5.41) is 7.33. The van der Waals surface area contributed by atoms with Gasteiger partial charge in [-0.3, -0.25) is 0 Å². The molecule has 1 aliphatic rings. The van der Waals surface area contributed by atoms with Crippen molar-refractivity contribution in [3.63, 3.8) is 0 Å². The fourth-order valence-electron chi connectivity index (χ4n) is 2.64. The second kappa shape index (κ2) is 6.23. The predicted octanol–water partition coefficient (Wildman–Crippen LogP) is 3.43. The van der Waals surface area contributed by atoms with Gasteiger partial charge >= 0.3 is 0 Å². The monoisotopic (exact) mass is 323 g/mol. The van der Waals surface area contributed by atoms with Crippen LogP contribution >= 0.6 is 0 Å². The number of hydrogen-bond acceptors (Lipinski definition) is 6. The second-order valence-electron chi connectivity index (χ2n) is 5.51. The first kappa shape index (κ1) is 14.6. The van der Waals surface area contributed by atoms with Gasteiger partial charge in [0, 0.05) is 5.56 Å². The van der Waals surface area contributed by atoms with Crippen LogP contribution in [0.15, 0.2) is 47.0 Å². The fourth-order valence-corrected chi connectivity index (χ4v) is 2.64. The summed E-state index contributed by atoms with van der Waals surface area (Å²) >= 11 is 0. The third-order valence-corrected chi connectivity index (χ3v) is 3.85. The van der Waals surface area contributed by atoms with Crippen molar-refractivity contribution >= 4 is 5.69 Å². The van der Waals surface area contributed by atoms with Crippen molar-refractivity contribution in [2.24, 2.45) is 0 Å². The van der Waals surface area contributed by atoms with E-state index in [1.807, 2.05) is 49.4 Å². The molecule has 1 aliphatic heterocycles. The van der Waals surface area contributed by atoms with Crippen LogP contribution in [0.25, 0.3) is 11.4 Å². The molecule has 0 amide bonds. The van der Waals surface area contributed by atoms with E-state index in [0.29, 0.717) is 31.5 Å². The molecule has 24 heavy (non-hydrogen) atoms. The van der Waals surface area contributed by atoms with Gasteiger partial charge in [0.15, 0.2) is 11.5 Å². The molecule has 0 radical (unpaired) electrons. The van der Waals surface area contributed by atoms with Crippen LogP contribution < -0.4 is 14.8 Å². The number of anilines is 1. The molecule has 0 atom stereocenters. The lowest BCUT2D eigenvalue weighted by Gasteiger charge is -2.21. The Hall–Kier alpha value is -3.02. The van der Waals surface area contributed by atoms with Gasteiger partial charge in [0.25, 0.3) is 0 Å². The van der Waals surface area contributed by atoms with Crippen molar-refractivity contribution in [1.82, 2.24) is 10.1 Å². The number of hydrogen-bond donors (Lipinski definition) is 1. The normalized spacial score (nSPS) is 12.9. The summed E-state index contributed by atoms with van der Waals surface area (Å²) in [6, 6.07) is 13.7. The lowest BCUT2D eigenvalue weighted by atomic mass is 10.1. The highest BCUT2D eigenvalue weighted by atomic mass is 16.6. The summed E-state index contributed by atoms with van der Waals surface area (Å²) in [6.45, 7) is 3.56. The quantitative estimate of drug-likeness (QED) is 0.793. The van der Waals surface area contributed by atoms with E-state index in [9.17, 15) is 0 Å².